The number of amides is 1. The maximum atomic E-state index is 13.1. The van der Waals surface area contributed by atoms with Gasteiger partial charge in [0.05, 0.1) is 6.54 Å². The molecule has 1 amide bonds. The van der Waals surface area contributed by atoms with E-state index in [0.29, 0.717) is 13.0 Å². The fourth-order valence-corrected chi connectivity index (χ4v) is 4.68. The van der Waals surface area contributed by atoms with Crippen molar-refractivity contribution in [3.8, 4) is 5.75 Å². The van der Waals surface area contributed by atoms with Gasteiger partial charge in [0, 0.05) is 13.0 Å². The molecule has 0 spiro atoms. The Bertz CT molecular complexity index is 1400. The number of piperidine rings is 1. The molecule has 8 nitrogen and oxygen atoms in total. The first-order valence-electron chi connectivity index (χ1n) is 13.7. The van der Waals surface area contributed by atoms with Crippen molar-refractivity contribution in [2.45, 2.75) is 84.5 Å². The lowest BCUT2D eigenvalue weighted by atomic mass is 9.83. The van der Waals surface area contributed by atoms with Crippen LogP contribution in [0, 0.1) is 0 Å². The summed E-state index contributed by atoms with van der Waals surface area (Å²) in [5.41, 5.74) is 1.73. The Hall–Kier alpha value is -3.94. The summed E-state index contributed by atoms with van der Waals surface area (Å²) in [5, 5.41) is 0. The van der Waals surface area contributed by atoms with Crippen LogP contribution in [0.4, 0.5) is 0 Å². The summed E-state index contributed by atoms with van der Waals surface area (Å²) in [4.78, 5) is 48.0. The highest BCUT2D eigenvalue weighted by molar-refractivity contribution is 5.90. The third kappa shape index (κ3) is 7.37. The van der Waals surface area contributed by atoms with E-state index in [2.05, 4.69) is 55.0 Å². The van der Waals surface area contributed by atoms with Crippen molar-refractivity contribution in [2.75, 3.05) is 6.54 Å². The van der Waals surface area contributed by atoms with Crippen LogP contribution < -0.4 is 10.3 Å². The number of H-pyrrole nitrogens is 1. The topological polar surface area (TPSA) is 102 Å². The molecule has 1 aromatic heterocycles. The predicted molar refractivity (Wildman–Crippen MR) is 153 cm³/mol. The Kier molecular flexibility index (Phi) is 8.47. The van der Waals surface area contributed by atoms with Crippen LogP contribution in [-0.4, -0.2) is 38.9 Å². The van der Waals surface area contributed by atoms with Gasteiger partial charge in [-0.25, -0.2) is 9.78 Å². The highest BCUT2D eigenvalue weighted by Crippen LogP contribution is 2.31. The predicted octanol–water partition coefficient (Wildman–Crippen LogP) is 5.51. The second-order valence-electron chi connectivity index (χ2n) is 12.3. The number of aromatic nitrogens is 2. The molecule has 1 atom stereocenters. The number of hydrogen-bond acceptors (Lipinski definition) is 6. The normalized spacial score (nSPS) is 16.1. The van der Waals surface area contributed by atoms with Crippen molar-refractivity contribution in [1.82, 2.24) is 14.9 Å². The zero-order valence-electron chi connectivity index (χ0n) is 24.2. The minimum Gasteiger partial charge on any atom is -0.481 e. The van der Waals surface area contributed by atoms with Crippen molar-refractivity contribution >= 4 is 11.9 Å². The van der Waals surface area contributed by atoms with Crippen molar-refractivity contribution in [3.05, 3.63) is 93.2 Å². The zero-order valence-corrected chi connectivity index (χ0v) is 24.2. The number of rotatable bonds is 7. The monoisotopic (exact) mass is 545 g/mol. The van der Waals surface area contributed by atoms with Crippen molar-refractivity contribution in [3.63, 3.8) is 0 Å². The lowest BCUT2D eigenvalue weighted by Gasteiger charge is -2.32. The summed E-state index contributed by atoms with van der Waals surface area (Å²) in [6, 6.07) is 17.8. The number of esters is 1. The average molecular weight is 546 g/mol. The number of nitrogens with zero attached hydrogens (tertiary/aromatic N) is 2. The summed E-state index contributed by atoms with van der Waals surface area (Å²) in [7, 11) is 0. The molecule has 40 heavy (non-hydrogen) atoms. The zero-order chi connectivity index (χ0) is 29.1. The van der Waals surface area contributed by atoms with Crippen molar-refractivity contribution in [1.29, 1.82) is 0 Å². The van der Waals surface area contributed by atoms with Gasteiger partial charge in [0.15, 0.2) is 5.69 Å². The lowest BCUT2D eigenvalue weighted by Crippen LogP contribution is -2.38. The summed E-state index contributed by atoms with van der Waals surface area (Å²) in [5.74, 6) is -0.644. The van der Waals surface area contributed by atoms with Gasteiger partial charge in [0.2, 0.25) is 11.7 Å². The third-order valence-corrected chi connectivity index (χ3v) is 6.85. The number of ether oxygens (including phenoxy) is 2. The first-order chi connectivity index (χ1) is 18.8. The first kappa shape index (κ1) is 29.1. The summed E-state index contributed by atoms with van der Waals surface area (Å²) < 4.78 is 11.3. The van der Waals surface area contributed by atoms with Gasteiger partial charge in [0.25, 0.3) is 5.56 Å². The number of aromatic amines is 1. The van der Waals surface area contributed by atoms with Crippen LogP contribution in [-0.2, 0) is 28.1 Å². The van der Waals surface area contributed by atoms with Gasteiger partial charge in [0.1, 0.15) is 18.0 Å². The molecular formula is C32H39N3O5. The summed E-state index contributed by atoms with van der Waals surface area (Å²) in [6.45, 7) is 12.4. The summed E-state index contributed by atoms with van der Waals surface area (Å²) >= 11 is 0. The van der Waals surface area contributed by atoms with Gasteiger partial charge in [-0.2, -0.15) is 0 Å². The fraction of sp³-hybridized carbons (Fsp3) is 0.438. The second kappa shape index (κ2) is 11.7. The van der Waals surface area contributed by atoms with Gasteiger partial charge >= 0.3 is 5.97 Å². The highest BCUT2D eigenvalue weighted by Gasteiger charge is 2.30. The molecule has 1 aliphatic rings. The Labute approximate surface area is 235 Å². The van der Waals surface area contributed by atoms with Crippen LogP contribution in [0.1, 0.15) is 93.3 Å². The number of hydrogen-bond donors (Lipinski definition) is 1. The molecule has 1 aliphatic heterocycles. The standard InChI is InChI=1S/C32H39N3O5/c1-31(2,3)24-14-12-22(13-15-24)23-16-17-35(26(36)18-23)19-25-33-27(30(38)40-32(4,5)6)28(29(37)34-25)39-20-21-10-8-7-9-11-21/h7-15,23H,16-20H2,1-6H3,(H,33,34,37). The Morgan fingerprint density at radius 3 is 2.27 bits per heavy atom. The number of nitrogens with one attached hydrogen (secondary N) is 1. The van der Waals surface area contributed by atoms with Gasteiger partial charge in [-0.1, -0.05) is 75.4 Å². The van der Waals surface area contributed by atoms with E-state index in [4.69, 9.17) is 9.47 Å². The van der Waals surface area contributed by atoms with Gasteiger partial charge in [-0.15, -0.1) is 0 Å². The van der Waals surface area contributed by atoms with Crippen LogP contribution in [0.25, 0.3) is 0 Å². The molecular weight excluding hydrogens is 506 g/mol. The van der Waals surface area contributed by atoms with E-state index in [-0.39, 0.29) is 47.7 Å². The van der Waals surface area contributed by atoms with Gasteiger partial charge in [-0.3, -0.25) is 9.59 Å². The molecule has 0 radical (unpaired) electrons. The lowest BCUT2D eigenvalue weighted by molar-refractivity contribution is -0.134. The van der Waals surface area contributed by atoms with E-state index in [1.807, 2.05) is 30.3 Å². The van der Waals surface area contributed by atoms with Crippen LogP contribution in [0.5, 0.6) is 5.75 Å². The quantitative estimate of drug-likeness (QED) is 0.393. The highest BCUT2D eigenvalue weighted by atomic mass is 16.6. The van der Waals surface area contributed by atoms with Crippen molar-refractivity contribution in [2.24, 2.45) is 0 Å². The number of carbonyl (C=O) groups excluding carboxylic acids is 2. The molecule has 3 aromatic rings. The molecule has 0 saturated carbocycles. The second-order valence-corrected chi connectivity index (χ2v) is 12.3. The average Bonchev–Trinajstić information content (AvgIpc) is 2.88. The minimum atomic E-state index is -0.791. The molecule has 0 bridgehead atoms. The number of likely N-dealkylation sites (tertiary alicyclic amines) is 1. The molecule has 212 valence electrons. The fourth-order valence-electron chi connectivity index (χ4n) is 4.68. The molecule has 8 heteroatoms. The largest absolute Gasteiger partial charge is 0.481 e. The summed E-state index contributed by atoms with van der Waals surface area (Å²) in [6.07, 6.45) is 1.16. The molecule has 4 rings (SSSR count). The molecule has 2 aromatic carbocycles. The molecule has 1 N–H and O–H groups in total. The van der Waals surface area contributed by atoms with E-state index in [1.165, 1.54) is 5.56 Å². The Balaban J connectivity index is 1.51. The van der Waals surface area contributed by atoms with E-state index in [0.717, 1.165) is 17.5 Å². The number of benzene rings is 2. The molecule has 0 aliphatic carbocycles. The maximum absolute atomic E-state index is 13.1. The van der Waals surface area contributed by atoms with Crippen LogP contribution in [0.15, 0.2) is 59.4 Å². The van der Waals surface area contributed by atoms with E-state index >= 15 is 0 Å². The SMILES string of the molecule is CC(C)(C)OC(=O)c1nc(CN2CCC(c3ccc(C(C)(C)C)cc3)CC2=O)[nH]c(=O)c1OCc1ccccc1. The van der Waals surface area contributed by atoms with Crippen molar-refractivity contribution < 1.29 is 19.1 Å². The van der Waals surface area contributed by atoms with Crippen LogP contribution in [0.3, 0.4) is 0 Å². The van der Waals surface area contributed by atoms with E-state index in [1.54, 1.807) is 25.7 Å². The molecule has 1 saturated heterocycles. The van der Waals surface area contributed by atoms with E-state index < -0.39 is 17.1 Å². The Morgan fingerprint density at radius 2 is 1.68 bits per heavy atom. The number of carbonyl (C=O) groups is 2. The van der Waals surface area contributed by atoms with Gasteiger partial charge < -0.3 is 19.4 Å². The van der Waals surface area contributed by atoms with Crippen LogP contribution in [0.2, 0.25) is 0 Å². The molecule has 2 heterocycles. The maximum Gasteiger partial charge on any atom is 0.361 e. The third-order valence-electron chi connectivity index (χ3n) is 6.85. The smallest absolute Gasteiger partial charge is 0.361 e. The molecule has 1 fully saturated rings. The van der Waals surface area contributed by atoms with E-state index in [9.17, 15) is 14.4 Å². The Morgan fingerprint density at radius 1 is 1.00 bits per heavy atom. The molecule has 1 unspecified atom stereocenters. The first-order valence-corrected chi connectivity index (χ1v) is 13.7. The van der Waals surface area contributed by atoms with Crippen LogP contribution >= 0.6 is 0 Å². The van der Waals surface area contributed by atoms with Gasteiger partial charge in [-0.05, 0) is 55.2 Å². The minimum absolute atomic E-state index is 0.0259.